The fourth-order valence-corrected chi connectivity index (χ4v) is 3.69. The Morgan fingerprint density at radius 2 is 1.97 bits per heavy atom. The molecule has 6 nitrogen and oxygen atoms in total. The molecule has 1 aliphatic heterocycles. The first-order valence-electron chi connectivity index (χ1n) is 9.60. The van der Waals surface area contributed by atoms with Gasteiger partial charge in [0.2, 0.25) is 5.91 Å². The molecule has 154 valence electrons. The Hall–Kier alpha value is -3.25. The first-order valence-corrected chi connectivity index (χ1v) is 9.98. The number of aromatic nitrogens is 2. The lowest BCUT2D eigenvalue weighted by Crippen LogP contribution is -2.34. The van der Waals surface area contributed by atoms with E-state index in [0.717, 1.165) is 34.5 Å². The summed E-state index contributed by atoms with van der Waals surface area (Å²) in [7, 11) is 3.21. The molecule has 2 heterocycles. The van der Waals surface area contributed by atoms with Crippen molar-refractivity contribution in [3.8, 4) is 22.8 Å². The number of halogens is 1. The molecule has 1 aliphatic rings. The van der Waals surface area contributed by atoms with Crippen molar-refractivity contribution in [1.82, 2.24) is 15.1 Å². The van der Waals surface area contributed by atoms with Gasteiger partial charge in [-0.3, -0.25) is 9.89 Å². The maximum atomic E-state index is 12.9. The van der Waals surface area contributed by atoms with E-state index in [1.165, 1.54) is 0 Å². The minimum atomic E-state index is -0.0613. The summed E-state index contributed by atoms with van der Waals surface area (Å²) in [6.07, 6.45) is 4.07. The molecule has 0 spiro atoms. The van der Waals surface area contributed by atoms with Gasteiger partial charge in [-0.2, -0.15) is 5.10 Å². The number of carbonyl (C=O) groups excluding carboxylic acids is 1. The third-order valence-corrected chi connectivity index (χ3v) is 5.46. The first kappa shape index (κ1) is 20.0. The summed E-state index contributed by atoms with van der Waals surface area (Å²) in [5.74, 6) is 1.32. The van der Waals surface area contributed by atoms with Gasteiger partial charge in [-0.1, -0.05) is 23.7 Å². The number of ether oxygens (including phenoxy) is 2. The molecule has 0 saturated carbocycles. The molecule has 1 N–H and O–H groups in total. The van der Waals surface area contributed by atoms with E-state index in [0.29, 0.717) is 29.6 Å². The van der Waals surface area contributed by atoms with Crippen LogP contribution in [0.15, 0.2) is 48.5 Å². The van der Waals surface area contributed by atoms with Gasteiger partial charge in [0.05, 0.1) is 19.9 Å². The number of nitrogens with zero attached hydrogens (tertiary/aromatic N) is 2. The second-order valence-electron chi connectivity index (χ2n) is 6.99. The third-order valence-electron chi connectivity index (χ3n) is 5.21. The molecule has 0 saturated heterocycles. The van der Waals surface area contributed by atoms with Gasteiger partial charge in [0.25, 0.3) is 0 Å². The van der Waals surface area contributed by atoms with Gasteiger partial charge in [-0.15, -0.1) is 0 Å². The van der Waals surface area contributed by atoms with Crippen molar-refractivity contribution in [2.75, 3.05) is 20.8 Å². The minimum absolute atomic E-state index is 0.0613. The highest BCUT2D eigenvalue weighted by Gasteiger charge is 2.24. The van der Waals surface area contributed by atoms with E-state index in [4.69, 9.17) is 21.1 Å². The normalized spacial score (nSPS) is 13.4. The van der Waals surface area contributed by atoms with Crippen molar-refractivity contribution >= 4 is 23.6 Å². The summed E-state index contributed by atoms with van der Waals surface area (Å²) in [5.41, 5.74) is 4.74. The van der Waals surface area contributed by atoms with Crippen LogP contribution in [0.2, 0.25) is 5.02 Å². The Morgan fingerprint density at radius 3 is 2.70 bits per heavy atom. The fourth-order valence-electron chi connectivity index (χ4n) is 3.57. The maximum Gasteiger partial charge on any atom is 0.246 e. The summed E-state index contributed by atoms with van der Waals surface area (Å²) < 4.78 is 10.6. The molecule has 0 atom stereocenters. The molecule has 0 fully saturated rings. The average Bonchev–Trinajstić information content (AvgIpc) is 3.21. The van der Waals surface area contributed by atoms with Crippen LogP contribution in [0.1, 0.15) is 16.8 Å². The molecule has 0 bridgehead atoms. The second kappa shape index (κ2) is 8.63. The van der Waals surface area contributed by atoms with E-state index in [9.17, 15) is 4.79 Å². The van der Waals surface area contributed by atoms with Crippen LogP contribution in [0.4, 0.5) is 0 Å². The van der Waals surface area contributed by atoms with Gasteiger partial charge in [-0.05, 0) is 36.4 Å². The van der Waals surface area contributed by atoms with Crippen molar-refractivity contribution < 1.29 is 14.3 Å². The largest absolute Gasteiger partial charge is 0.497 e. The average molecular weight is 424 g/mol. The molecule has 30 heavy (non-hydrogen) atoms. The number of H-pyrrole nitrogens is 1. The van der Waals surface area contributed by atoms with Gasteiger partial charge in [0.15, 0.2) is 0 Å². The Bertz CT molecular complexity index is 1090. The maximum absolute atomic E-state index is 12.9. The molecule has 3 aromatic rings. The smallest absolute Gasteiger partial charge is 0.246 e. The Balaban J connectivity index is 1.54. The highest BCUT2D eigenvalue weighted by molar-refractivity contribution is 6.30. The van der Waals surface area contributed by atoms with Crippen LogP contribution in [0.3, 0.4) is 0 Å². The zero-order chi connectivity index (χ0) is 21.1. The summed E-state index contributed by atoms with van der Waals surface area (Å²) >= 11 is 6.00. The molecule has 7 heteroatoms. The number of rotatable bonds is 5. The van der Waals surface area contributed by atoms with Gasteiger partial charge in [0.1, 0.15) is 11.5 Å². The molecule has 0 unspecified atom stereocenters. The molecule has 4 rings (SSSR count). The number of benzene rings is 2. The number of nitrogens with one attached hydrogen (secondary N) is 1. The van der Waals surface area contributed by atoms with Crippen LogP contribution in [0, 0.1) is 0 Å². The Morgan fingerprint density at radius 1 is 1.17 bits per heavy atom. The van der Waals surface area contributed by atoms with Crippen LogP contribution in [-0.4, -0.2) is 41.8 Å². The highest BCUT2D eigenvalue weighted by Crippen LogP contribution is 2.30. The third kappa shape index (κ3) is 4.04. The van der Waals surface area contributed by atoms with E-state index in [-0.39, 0.29) is 5.91 Å². The van der Waals surface area contributed by atoms with Gasteiger partial charge in [-0.25, -0.2) is 0 Å². The minimum Gasteiger partial charge on any atom is -0.497 e. The van der Waals surface area contributed by atoms with E-state index >= 15 is 0 Å². The number of aromatic amines is 1. The monoisotopic (exact) mass is 423 g/mol. The lowest BCUT2D eigenvalue weighted by atomic mass is 10.0. The number of fused-ring (bicyclic) bond motifs is 1. The molecular formula is C23H22ClN3O3. The zero-order valence-electron chi connectivity index (χ0n) is 16.8. The van der Waals surface area contributed by atoms with Crippen molar-refractivity contribution in [1.29, 1.82) is 0 Å². The number of amides is 1. The SMILES string of the molecule is COc1ccc(OC)c(/C=C/C(=O)N2CCc3[nH]nc(-c4ccc(Cl)cc4)c3C2)c1. The Kier molecular flexibility index (Phi) is 5.77. The molecule has 1 amide bonds. The van der Waals surface area contributed by atoms with Gasteiger partial charge in [0, 0.05) is 53.0 Å². The quantitative estimate of drug-likeness (QED) is 0.619. The van der Waals surface area contributed by atoms with Crippen LogP contribution < -0.4 is 9.47 Å². The van der Waals surface area contributed by atoms with Gasteiger partial charge < -0.3 is 14.4 Å². The topological polar surface area (TPSA) is 67.5 Å². The summed E-state index contributed by atoms with van der Waals surface area (Å²) in [4.78, 5) is 14.7. The number of hydrogen-bond acceptors (Lipinski definition) is 4. The second-order valence-corrected chi connectivity index (χ2v) is 7.42. The molecule has 0 radical (unpaired) electrons. The molecule has 1 aromatic heterocycles. The van der Waals surface area contributed by atoms with E-state index in [1.807, 2.05) is 47.4 Å². The van der Waals surface area contributed by atoms with E-state index in [2.05, 4.69) is 10.2 Å². The molecule has 2 aromatic carbocycles. The lowest BCUT2D eigenvalue weighted by Gasteiger charge is -2.26. The van der Waals surface area contributed by atoms with Crippen molar-refractivity contribution in [2.24, 2.45) is 0 Å². The molecular weight excluding hydrogens is 402 g/mol. The van der Waals surface area contributed by atoms with Crippen LogP contribution in [0.5, 0.6) is 11.5 Å². The summed E-state index contributed by atoms with van der Waals surface area (Å²) in [6, 6.07) is 13.0. The lowest BCUT2D eigenvalue weighted by molar-refractivity contribution is -0.126. The van der Waals surface area contributed by atoms with E-state index in [1.54, 1.807) is 26.4 Å². The first-order chi connectivity index (χ1) is 14.6. The number of carbonyl (C=O) groups is 1. The van der Waals surface area contributed by atoms with E-state index < -0.39 is 0 Å². The van der Waals surface area contributed by atoms with Crippen molar-refractivity contribution in [2.45, 2.75) is 13.0 Å². The Labute approximate surface area is 180 Å². The van der Waals surface area contributed by atoms with Gasteiger partial charge >= 0.3 is 0 Å². The zero-order valence-corrected chi connectivity index (χ0v) is 17.6. The number of methoxy groups -OCH3 is 2. The van der Waals surface area contributed by atoms with Crippen LogP contribution in [-0.2, 0) is 17.8 Å². The predicted molar refractivity (Wildman–Crippen MR) is 117 cm³/mol. The van der Waals surface area contributed by atoms with Crippen molar-refractivity contribution in [3.63, 3.8) is 0 Å². The number of hydrogen-bond donors (Lipinski definition) is 1. The summed E-state index contributed by atoms with van der Waals surface area (Å²) in [6.45, 7) is 1.13. The predicted octanol–water partition coefficient (Wildman–Crippen LogP) is 4.35. The standard InChI is InChI=1S/C23H22ClN3O3/c1-29-18-8-9-21(30-2)16(13-18)5-10-22(28)27-12-11-20-19(14-27)23(26-25-20)15-3-6-17(24)7-4-15/h3-10,13H,11-12,14H2,1-2H3,(H,25,26)/b10-5+. The van der Waals surface area contributed by atoms with Crippen LogP contribution in [0.25, 0.3) is 17.3 Å². The van der Waals surface area contributed by atoms with Crippen molar-refractivity contribution in [3.05, 3.63) is 70.4 Å². The molecule has 0 aliphatic carbocycles. The highest BCUT2D eigenvalue weighted by atomic mass is 35.5. The van der Waals surface area contributed by atoms with Crippen LogP contribution >= 0.6 is 11.6 Å². The summed E-state index contributed by atoms with van der Waals surface area (Å²) in [5, 5.41) is 8.27. The fraction of sp³-hybridized carbons (Fsp3) is 0.217.